The molecule has 1 aliphatic heterocycles. The third-order valence-electron chi connectivity index (χ3n) is 5.81. The lowest BCUT2D eigenvalue weighted by atomic mass is 9.95. The summed E-state index contributed by atoms with van der Waals surface area (Å²) >= 11 is 0. The first-order valence-corrected chi connectivity index (χ1v) is 10.6. The first-order valence-electron chi connectivity index (χ1n) is 10.6. The zero-order valence-corrected chi connectivity index (χ0v) is 17.7. The molecule has 4 amide bonds. The summed E-state index contributed by atoms with van der Waals surface area (Å²) in [6, 6.07) is 4.72. The summed E-state index contributed by atoms with van der Waals surface area (Å²) in [4.78, 5) is 38.3. The Kier molecular flexibility index (Phi) is 7.54. The monoisotopic (exact) mass is 417 g/mol. The second-order valence-corrected chi connectivity index (χ2v) is 7.87. The molecule has 1 aromatic rings. The van der Waals surface area contributed by atoms with Gasteiger partial charge in [-0.05, 0) is 43.4 Å². The van der Waals surface area contributed by atoms with Crippen molar-refractivity contribution in [1.29, 1.82) is 0 Å². The molecule has 1 aliphatic carbocycles. The minimum absolute atomic E-state index is 0.0484. The van der Waals surface area contributed by atoms with Gasteiger partial charge in [0.15, 0.2) is 11.5 Å². The molecule has 0 bridgehead atoms. The third kappa shape index (κ3) is 5.43. The number of rotatable bonds is 9. The number of amides is 4. The highest BCUT2D eigenvalue weighted by molar-refractivity contribution is 6.04. The van der Waals surface area contributed by atoms with E-state index in [0.29, 0.717) is 24.3 Å². The standard InChI is InChI=1S/C22H31N3O5/c1-29-18-10-8-15(14-19(18)30-2)12-13-25-21(27)17(24-22(25)28)9-11-20(26)23-16-6-4-3-5-7-16/h8,10,14,16-17H,3-7,9,11-13H2,1-2H3,(H,23,26)(H,24,28). The van der Waals surface area contributed by atoms with Crippen LogP contribution >= 0.6 is 0 Å². The molecule has 8 nitrogen and oxygen atoms in total. The smallest absolute Gasteiger partial charge is 0.324 e. The van der Waals surface area contributed by atoms with E-state index >= 15 is 0 Å². The Morgan fingerprint density at radius 2 is 1.87 bits per heavy atom. The van der Waals surface area contributed by atoms with Gasteiger partial charge in [-0.1, -0.05) is 25.3 Å². The molecular weight excluding hydrogens is 386 g/mol. The lowest BCUT2D eigenvalue weighted by Gasteiger charge is -2.22. The number of hydrogen-bond donors (Lipinski definition) is 2. The molecule has 1 saturated carbocycles. The normalized spacial score (nSPS) is 19.5. The lowest BCUT2D eigenvalue weighted by molar-refractivity contribution is -0.127. The summed E-state index contributed by atoms with van der Waals surface area (Å²) in [7, 11) is 3.13. The molecule has 1 unspecified atom stereocenters. The van der Waals surface area contributed by atoms with E-state index in [9.17, 15) is 14.4 Å². The maximum absolute atomic E-state index is 12.6. The van der Waals surface area contributed by atoms with Gasteiger partial charge in [-0.25, -0.2) is 4.79 Å². The largest absolute Gasteiger partial charge is 0.493 e. The highest BCUT2D eigenvalue weighted by Crippen LogP contribution is 2.28. The summed E-state index contributed by atoms with van der Waals surface area (Å²) in [5.41, 5.74) is 0.934. The number of urea groups is 1. The van der Waals surface area contributed by atoms with E-state index in [-0.39, 0.29) is 30.8 Å². The molecular formula is C22H31N3O5. The van der Waals surface area contributed by atoms with E-state index in [2.05, 4.69) is 10.6 Å². The Morgan fingerprint density at radius 3 is 2.57 bits per heavy atom. The minimum Gasteiger partial charge on any atom is -0.493 e. The van der Waals surface area contributed by atoms with Crippen molar-refractivity contribution >= 4 is 17.8 Å². The Balaban J connectivity index is 1.47. The molecule has 164 valence electrons. The molecule has 1 heterocycles. The number of nitrogens with zero attached hydrogens (tertiary/aromatic N) is 1. The van der Waals surface area contributed by atoms with Gasteiger partial charge in [0.25, 0.3) is 5.91 Å². The molecule has 30 heavy (non-hydrogen) atoms. The van der Waals surface area contributed by atoms with Crippen molar-refractivity contribution in [2.45, 2.75) is 63.5 Å². The number of benzene rings is 1. The molecule has 0 spiro atoms. The average molecular weight is 418 g/mol. The van der Waals surface area contributed by atoms with Gasteiger partial charge in [0.1, 0.15) is 6.04 Å². The maximum atomic E-state index is 12.6. The molecule has 1 aromatic carbocycles. The van der Waals surface area contributed by atoms with Crippen molar-refractivity contribution in [3.63, 3.8) is 0 Å². The first-order chi connectivity index (χ1) is 14.5. The minimum atomic E-state index is -0.639. The van der Waals surface area contributed by atoms with Crippen LogP contribution in [0.25, 0.3) is 0 Å². The van der Waals surface area contributed by atoms with Gasteiger partial charge < -0.3 is 20.1 Å². The topological polar surface area (TPSA) is 97.0 Å². The van der Waals surface area contributed by atoms with Gasteiger partial charge in [0.05, 0.1) is 14.2 Å². The molecule has 0 aromatic heterocycles. The van der Waals surface area contributed by atoms with E-state index in [1.54, 1.807) is 20.3 Å². The highest BCUT2D eigenvalue weighted by Gasteiger charge is 2.37. The molecule has 2 aliphatic rings. The second kappa shape index (κ2) is 10.3. The van der Waals surface area contributed by atoms with Gasteiger partial charge in [0.2, 0.25) is 5.91 Å². The van der Waals surface area contributed by atoms with Crippen LogP contribution in [0.5, 0.6) is 11.5 Å². The quantitative estimate of drug-likeness (QED) is 0.602. The third-order valence-corrected chi connectivity index (χ3v) is 5.81. The van der Waals surface area contributed by atoms with Gasteiger partial charge in [-0.3, -0.25) is 14.5 Å². The fourth-order valence-electron chi connectivity index (χ4n) is 4.08. The predicted molar refractivity (Wildman–Crippen MR) is 112 cm³/mol. The Morgan fingerprint density at radius 1 is 1.13 bits per heavy atom. The molecule has 2 N–H and O–H groups in total. The van der Waals surface area contributed by atoms with E-state index in [1.165, 1.54) is 11.3 Å². The maximum Gasteiger partial charge on any atom is 0.324 e. The average Bonchev–Trinajstić information content (AvgIpc) is 3.03. The molecule has 8 heteroatoms. The predicted octanol–water partition coefficient (Wildman–Crippen LogP) is 2.40. The fraction of sp³-hybridized carbons (Fsp3) is 0.591. The van der Waals surface area contributed by atoms with Gasteiger partial charge in [-0.15, -0.1) is 0 Å². The Bertz CT molecular complexity index is 776. The van der Waals surface area contributed by atoms with Crippen molar-refractivity contribution in [3.8, 4) is 11.5 Å². The Hall–Kier alpha value is -2.77. The van der Waals surface area contributed by atoms with Crippen molar-refractivity contribution in [1.82, 2.24) is 15.5 Å². The van der Waals surface area contributed by atoms with Crippen LogP contribution in [0.3, 0.4) is 0 Å². The van der Waals surface area contributed by atoms with Crippen LogP contribution in [0.4, 0.5) is 4.79 Å². The van der Waals surface area contributed by atoms with Crippen LogP contribution in [0.1, 0.15) is 50.5 Å². The van der Waals surface area contributed by atoms with E-state index in [0.717, 1.165) is 31.2 Å². The summed E-state index contributed by atoms with van der Waals surface area (Å²) in [5.74, 6) is 0.913. The van der Waals surface area contributed by atoms with Crippen molar-refractivity contribution in [2.75, 3.05) is 20.8 Å². The van der Waals surface area contributed by atoms with Gasteiger partial charge in [0, 0.05) is 19.0 Å². The summed E-state index contributed by atoms with van der Waals surface area (Å²) < 4.78 is 10.5. The van der Waals surface area contributed by atoms with Gasteiger partial charge >= 0.3 is 6.03 Å². The van der Waals surface area contributed by atoms with Crippen LogP contribution < -0.4 is 20.1 Å². The lowest BCUT2D eigenvalue weighted by Crippen LogP contribution is -2.38. The number of nitrogens with one attached hydrogen (secondary N) is 2. The van der Waals surface area contributed by atoms with Crippen molar-refractivity contribution < 1.29 is 23.9 Å². The summed E-state index contributed by atoms with van der Waals surface area (Å²) in [6.07, 6.45) is 6.63. The van der Waals surface area contributed by atoms with Crippen LogP contribution in [0.15, 0.2) is 18.2 Å². The Labute approximate surface area is 177 Å². The number of carbonyl (C=O) groups is 3. The number of methoxy groups -OCH3 is 2. The van der Waals surface area contributed by atoms with Crippen LogP contribution in [-0.2, 0) is 16.0 Å². The van der Waals surface area contributed by atoms with Crippen LogP contribution in [0, 0.1) is 0 Å². The number of imide groups is 1. The second-order valence-electron chi connectivity index (χ2n) is 7.87. The molecule has 0 radical (unpaired) electrons. The van der Waals surface area contributed by atoms with Crippen LogP contribution in [-0.4, -0.2) is 55.6 Å². The SMILES string of the molecule is COc1ccc(CCN2C(=O)NC(CCC(=O)NC3CCCCC3)C2=O)cc1OC. The zero-order chi connectivity index (χ0) is 21.5. The summed E-state index contributed by atoms with van der Waals surface area (Å²) in [5, 5.41) is 5.75. The number of hydrogen-bond acceptors (Lipinski definition) is 5. The van der Waals surface area contributed by atoms with E-state index < -0.39 is 12.1 Å². The highest BCUT2D eigenvalue weighted by atomic mass is 16.5. The van der Waals surface area contributed by atoms with Crippen molar-refractivity contribution in [3.05, 3.63) is 23.8 Å². The molecule has 1 saturated heterocycles. The van der Waals surface area contributed by atoms with Crippen LogP contribution in [0.2, 0.25) is 0 Å². The van der Waals surface area contributed by atoms with Gasteiger partial charge in [-0.2, -0.15) is 0 Å². The zero-order valence-electron chi connectivity index (χ0n) is 17.7. The molecule has 1 atom stereocenters. The molecule has 3 rings (SSSR count). The van der Waals surface area contributed by atoms with E-state index in [4.69, 9.17) is 9.47 Å². The van der Waals surface area contributed by atoms with Crippen molar-refractivity contribution in [2.24, 2.45) is 0 Å². The summed E-state index contributed by atoms with van der Waals surface area (Å²) in [6.45, 7) is 0.269. The molecule has 2 fully saturated rings. The fourth-order valence-corrected chi connectivity index (χ4v) is 4.08. The van der Waals surface area contributed by atoms with E-state index in [1.807, 2.05) is 12.1 Å². The number of ether oxygens (including phenoxy) is 2. The first kappa shape index (κ1) is 21.9. The number of carbonyl (C=O) groups excluding carboxylic acids is 3.